The van der Waals surface area contributed by atoms with Crippen LogP contribution in [0.5, 0.6) is 23.0 Å². The van der Waals surface area contributed by atoms with Crippen molar-refractivity contribution in [3.8, 4) is 23.0 Å². The van der Waals surface area contributed by atoms with Crippen molar-refractivity contribution >= 4 is 115 Å². The van der Waals surface area contributed by atoms with Gasteiger partial charge in [0.25, 0.3) is 6.71 Å². The molecule has 0 aliphatic carbocycles. The summed E-state index contributed by atoms with van der Waals surface area (Å²) in [5, 5.41) is 10.6. The van der Waals surface area contributed by atoms with Crippen LogP contribution in [0.25, 0.3) is 40.3 Å². The predicted octanol–water partition coefficient (Wildman–Crippen LogP) is 8.53. The summed E-state index contributed by atoms with van der Waals surface area (Å²) in [6.07, 6.45) is 0. The summed E-state index contributed by atoms with van der Waals surface area (Å²) < 4.78 is 19.3. The Balaban J connectivity index is 1.26. The first kappa shape index (κ1) is 30.5. The molecule has 0 saturated carbocycles. The number of rotatable bonds is 4. The highest BCUT2D eigenvalue weighted by Crippen LogP contribution is 2.39. The molecule has 0 spiro atoms. The van der Waals surface area contributed by atoms with Crippen LogP contribution in [0.2, 0.25) is 0 Å². The lowest BCUT2D eigenvalue weighted by atomic mass is 9.35. The third kappa shape index (κ3) is 4.16. The normalized spacial score (nSPS) is 13.1. The molecule has 0 radical (unpaired) electrons. The van der Waals surface area contributed by atoms with Crippen LogP contribution in [0.1, 0.15) is 0 Å². The van der Waals surface area contributed by atoms with Gasteiger partial charge in [-0.25, -0.2) is 0 Å². The summed E-state index contributed by atoms with van der Waals surface area (Å²) in [6, 6.07) is 64.8. The van der Waals surface area contributed by atoms with Gasteiger partial charge < -0.3 is 9.47 Å². The minimum atomic E-state index is -3.18. The van der Waals surface area contributed by atoms with Gasteiger partial charge in [0, 0.05) is 45.8 Å². The van der Waals surface area contributed by atoms with E-state index in [0.717, 1.165) is 28.5 Å². The maximum Gasteiger partial charge on any atom is 0.260 e. The highest BCUT2D eigenvalue weighted by Gasteiger charge is 2.48. The van der Waals surface area contributed by atoms with Crippen LogP contribution >= 0.6 is 22.7 Å². The van der Waals surface area contributed by atoms with Gasteiger partial charge in [0.15, 0.2) is 8.07 Å². The van der Waals surface area contributed by atoms with Crippen LogP contribution in [-0.4, -0.2) is 14.8 Å². The fourth-order valence-electron chi connectivity index (χ4n) is 9.32. The fourth-order valence-corrected chi connectivity index (χ4v) is 17.7. The monoisotopic (exact) mass is 740 g/mol. The maximum atomic E-state index is 7.00. The van der Waals surface area contributed by atoms with Gasteiger partial charge in [0.05, 0.1) is 0 Å². The molecule has 4 heterocycles. The molecule has 10 aromatic rings. The number of hydrogen-bond acceptors (Lipinski definition) is 4. The van der Waals surface area contributed by atoms with E-state index in [-0.39, 0.29) is 6.71 Å². The molecule has 54 heavy (non-hydrogen) atoms. The van der Waals surface area contributed by atoms with Crippen molar-refractivity contribution in [2.75, 3.05) is 0 Å². The molecular formula is C48H29BO2S2Si. The number of hydrogen-bond donors (Lipinski definition) is 0. The molecule has 0 N–H and O–H groups in total. The number of fused-ring (bicyclic) bond motifs is 10. The van der Waals surface area contributed by atoms with Gasteiger partial charge in [-0.15, -0.1) is 22.7 Å². The van der Waals surface area contributed by atoms with Gasteiger partial charge in [-0.3, -0.25) is 0 Å². The van der Waals surface area contributed by atoms with Gasteiger partial charge in [-0.1, -0.05) is 140 Å². The molecule has 2 nitrogen and oxygen atoms in total. The zero-order chi connectivity index (χ0) is 35.4. The summed E-state index contributed by atoms with van der Waals surface area (Å²) in [5.74, 6) is 3.56. The minimum Gasteiger partial charge on any atom is -0.458 e. The SMILES string of the molecule is c1ccc([Si](c2cc3c4c(c2)Oc2ccccc2B4c2ccccc2O3)(c2cccc3c2sc2ccccc23)c2cccc3c2sc2ccccc23)cc1. The zero-order valence-corrected chi connectivity index (χ0v) is 31.6. The second-order valence-electron chi connectivity index (χ2n) is 14.3. The first-order valence-corrected chi connectivity index (χ1v) is 22.0. The summed E-state index contributed by atoms with van der Waals surface area (Å²) in [5.41, 5.74) is 3.45. The second kappa shape index (κ2) is 11.5. The summed E-state index contributed by atoms with van der Waals surface area (Å²) >= 11 is 3.83. The van der Waals surface area contributed by atoms with Crippen molar-refractivity contribution in [3.63, 3.8) is 0 Å². The van der Waals surface area contributed by atoms with Crippen LogP contribution in [-0.2, 0) is 0 Å². The van der Waals surface area contributed by atoms with Crippen LogP contribution in [0.3, 0.4) is 0 Å². The van der Waals surface area contributed by atoms with E-state index < -0.39 is 8.07 Å². The Labute approximate surface area is 321 Å². The highest BCUT2D eigenvalue weighted by atomic mass is 32.1. The molecule has 0 saturated heterocycles. The molecule has 0 amide bonds. The minimum absolute atomic E-state index is 0.0174. The lowest BCUT2D eigenvalue weighted by Crippen LogP contribution is -2.75. The summed E-state index contributed by atoms with van der Waals surface area (Å²) in [6.45, 7) is 0.0174. The van der Waals surface area contributed by atoms with E-state index in [1.807, 2.05) is 22.7 Å². The Kier molecular flexibility index (Phi) is 6.52. The number of thiophene rings is 2. The van der Waals surface area contributed by atoms with E-state index in [2.05, 4.69) is 176 Å². The van der Waals surface area contributed by atoms with Gasteiger partial charge in [0.1, 0.15) is 23.0 Å². The van der Waals surface area contributed by atoms with E-state index >= 15 is 0 Å². The number of benzene rings is 8. The molecule has 8 aromatic carbocycles. The van der Waals surface area contributed by atoms with Crippen LogP contribution in [0.4, 0.5) is 0 Å². The molecule has 2 aliphatic heterocycles. The zero-order valence-electron chi connectivity index (χ0n) is 29.0. The van der Waals surface area contributed by atoms with Crippen molar-refractivity contribution < 1.29 is 9.47 Å². The lowest BCUT2D eigenvalue weighted by molar-refractivity contribution is 0.465. The van der Waals surface area contributed by atoms with Crippen molar-refractivity contribution in [2.24, 2.45) is 0 Å². The van der Waals surface area contributed by atoms with E-state index in [0.29, 0.717) is 0 Å². The third-order valence-corrected chi connectivity index (χ3v) is 19.2. The molecule has 0 unspecified atom stereocenters. The Hall–Kier alpha value is -5.92. The molecule has 0 fully saturated rings. The molecule has 2 aromatic heterocycles. The Morgan fingerprint density at radius 2 is 0.852 bits per heavy atom. The standard InChI is InChI=1S/C48H29BO2S2Si/c1-2-14-30(15-3-1)54(44-26-12-18-34-32-16-4-10-24-42(32)52-47(34)44,45-27-13-19-35-33-17-5-11-25-43(33)53-48(35)45)31-28-40-46-41(29-31)51-39-23-9-7-21-37(39)49(46)36-20-6-8-22-38(36)50-40/h1-29H. The summed E-state index contributed by atoms with van der Waals surface area (Å²) in [4.78, 5) is 0. The van der Waals surface area contributed by atoms with Gasteiger partial charge in [0.2, 0.25) is 0 Å². The molecule has 0 bridgehead atoms. The molecule has 12 rings (SSSR count). The van der Waals surface area contributed by atoms with Crippen LogP contribution < -0.4 is 46.6 Å². The van der Waals surface area contributed by atoms with Crippen molar-refractivity contribution in [2.45, 2.75) is 0 Å². The average Bonchev–Trinajstić information content (AvgIpc) is 3.81. The average molecular weight is 741 g/mol. The first-order valence-electron chi connectivity index (χ1n) is 18.4. The summed E-state index contributed by atoms with van der Waals surface area (Å²) in [7, 11) is -3.18. The van der Waals surface area contributed by atoms with Crippen molar-refractivity contribution in [1.29, 1.82) is 0 Å². The van der Waals surface area contributed by atoms with Crippen molar-refractivity contribution in [1.82, 2.24) is 0 Å². The Morgan fingerprint density at radius 3 is 1.41 bits per heavy atom. The maximum absolute atomic E-state index is 7.00. The quantitative estimate of drug-likeness (QED) is 0.133. The first-order chi connectivity index (χ1) is 26.8. The third-order valence-electron chi connectivity index (χ3n) is 11.5. The topological polar surface area (TPSA) is 18.5 Å². The van der Waals surface area contributed by atoms with E-state index in [9.17, 15) is 0 Å². The molecule has 0 atom stereocenters. The van der Waals surface area contributed by atoms with Gasteiger partial charge >= 0.3 is 0 Å². The smallest absolute Gasteiger partial charge is 0.260 e. The predicted molar refractivity (Wildman–Crippen MR) is 234 cm³/mol. The van der Waals surface area contributed by atoms with Gasteiger partial charge in [-0.2, -0.15) is 0 Å². The highest BCUT2D eigenvalue weighted by molar-refractivity contribution is 7.33. The Morgan fingerprint density at radius 1 is 0.389 bits per heavy atom. The molecule has 2 aliphatic rings. The lowest BCUT2D eigenvalue weighted by Gasteiger charge is -2.38. The molecular weight excluding hydrogens is 712 g/mol. The van der Waals surface area contributed by atoms with Gasteiger partial charge in [-0.05, 0) is 68.1 Å². The van der Waals surface area contributed by atoms with E-state index in [1.165, 1.54) is 72.0 Å². The molecule has 252 valence electrons. The van der Waals surface area contributed by atoms with E-state index in [1.54, 1.807) is 0 Å². The largest absolute Gasteiger partial charge is 0.458 e. The molecule has 6 heteroatoms. The fraction of sp³-hybridized carbons (Fsp3) is 0. The van der Waals surface area contributed by atoms with Crippen LogP contribution in [0, 0.1) is 0 Å². The second-order valence-corrected chi connectivity index (χ2v) is 20.1. The number of para-hydroxylation sites is 2. The number of ether oxygens (including phenoxy) is 2. The van der Waals surface area contributed by atoms with Crippen molar-refractivity contribution in [3.05, 3.63) is 176 Å². The van der Waals surface area contributed by atoms with E-state index in [4.69, 9.17) is 9.47 Å². The van der Waals surface area contributed by atoms with Crippen LogP contribution in [0.15, 0.2) is 176 Å². The Bertz CT molecular complexity index is 2960.